The minimum atomic E-state index is -3.24. The topological polar surface area (TPSA) is 55.4 Å². The standard InChI is InChI=1S/C9H18BrNO3S/c1-9(2,7-10)11-15(12,13)6-8-4-3-5-14-8/h8,11H,3-7H2,1-2H3. The van der Waals surface area contributed by atoms with Gasteiger partial charge in [0.15, 0.2) is 0 Å². The summed E-state index contributed by atoms with van der Waals surface area (Å²) in [6, 6.07) is 0. The van der Waals surface area contributed by atoms with Crippen LogP contribution in [0, 0.1) is 0 Å². The average molecular weight is 300 g/mol. The minimum absolute atomic E-state index is 0.0728. The van der Waals surface area contributed by atoms with Crippen LogP contribution in [-0.2, 0) is 14.8 Å². The van der Waals surface area contributed by atoms with Crippen molar-refractivity contribution in [2.75, 3.05) is 17.7 Å². The molecule has 15 heavy (non-hydrogen) atoms. The number of nitrogens with one attached hydrogen (secondary N) is 1. The van der Waals surface area contributed by atoms with Crippen molar-refractivity contribution in [3.63, 3.8) is 0 Å². The molecular formula is C9H18BrNO3S. The zero-order valence-corrected chi connectivity index (χ0v) is 11.5. The van der Waals surface area contributed by atoms with Gasteiger partial charge in [0.1, 0.15) is 0 Å². The van der Waals surface area contributed by atoms with Crippen molar-refractivity contribution in [3.8, 4) is 0 Å². The SMILES string of the molecule is CC(C)(CBr)NS(=O)(=O)CC1CCCO1. The molecule has 0 aromatic carbocycles. The van der Waals surface area contributed by atoms with E-state index in [2.05, 4.69) is 20.7 Å². The first-order valence-electron chi connectivity index (χ1n) is 5.04. The van der Waals surface area contributed by atoms with E-state index in [4.69, 9.17) is 4.74 Å². The van der Waals surface area contributed by atoms with Crippen molar-refractivity contribution in [2.24, 2.45) is 0 Å². The number of halogens is 1. The maximum atomic E-state index is 11.7. The molecule has 0 saturated carbocycles. The second-order valence-corrected chi connectivity index (χ2v) is 6.86. The molecule has 0 aromatic heterocycles. The molecule has 0 radical (unpaired) electrons. The third-order valence-electron chi connectivity index (χ3n) is 2.20. The highest BCUT2D eigenvalue weighted by molar-refractivity contribution is 9.09. The van der Waals surface area contributed by atoms with Crippen LogP contribution in [0.15, 0.2) is 0 Å². The van der Waals surface area contributed by atoms with Crippen LogP contribution in [0.25, 0.3) is 0 Å². The summed E-state index contributed by atoms with van der Waals surface area (Å²) in [6.07, 6.45) is 1.67. The molecule has 1 saturated heterocycles. The van der Waals surface area contributed by atoms with Gasteiger partial charge in [-0.1, -0.05) is 15.9 Å². The summed E-state index contributed by atoms with van der Waals surface area (Å²) in [5, 5.41) is 0.588. The van der Waals surface area contributed by atoms with Crippen LogP contribution in [0.5, 0.6) is 0 Å². The van der Waals surface area contributed by atoms with Gasteiger partial charge >= 0.3 is 0 Å². The molecule has 1 rings (SSSR count). The molecule has 1 N–H and O–H groups in total. The van der Waals surface area contributed by atoms with Crippen LogP contribution < -0.4 is 4.72 Å². The molecule has 0 aromatic rings. The minimum Gasteiger partial charge on any atom is -0.377 e. The van der Waals surface area contributed by atoms with E-state index in [1.165, 1.54) is 0 Å². The fourth-order valence-corrected chi connectivity index (χ4v) is 3.59. The third-order valence-corrected chi connectivity index (χ3v) is 5.27. The van der Waals surface area contributed by atoms with Gasteiger partial charge in [0, 0.05) is 17.5 Å². The summed E-state index contributed by atoms with van der Waals surface area (Å²) in [5.74, 6) is 0.0728. The molecule has 1 fully saturated rings. The Kier molecular flexibility index (Phi) is 4.58. The number of rotatable bonds is 5. The van der Waals surface area contributed by atoms with E-state index < -0.39 is 15.6 Å². The van der Waals surface area contributed by atoms with E-state index in [0.717, 1.165) is 12.8 Å². The lowest BCUT2D eigenvalue weighted by atomic mass is 10.1. The van der Waals surface area contributed by atoms with E-state index in [1.807, 2.05) is 13.8 Å². The Morgan fingerprint density at radius 3 is 2.67 bits per heavy atom. The number of hydrogen-bond acceptors (Lipinski definition) is 3. The second kappa shape index (κ2) is 5.12. The van der Waals surface area contributed by atoms with Crippen molar-refractivity contribution >= 4 is 26.0 Å². The molecule has 1 aliphatic heterocycles. The fraction of sp³-hybridized carbons (Fsp3) is 1.00. The maximum Gasteiger partial charge on any atom is 0.214 e. The Morgan fingerprint density at radius 2 is 2.20 bits per heavy atom. The van der Waals surface area contributed by atoms with E-state index in [1.54, 1.807) is 0 Å². The van der Waals surface area contributed by atoms with Crippen LogP contribution >= 0.6 is 15.9 Å². The normalized spacial score (nSPS) is 23.3. The largest absolute Gasteiger partial charge is 0.377 e. The van der Waals surface area contributed by atoms with Gasteiger partial charge in [-0.2, -0.15) is 0 Å². The highest BCUT2D eigenvalue weighted by Gasteiger charge is 2.28. The van der Waals surface area contributed by atoms with Gasteiger partial charge in [0.05, 0.1) is 11.9 Å². The van der Waals surface area contributed by atoms with E-state index >= 15 is 0 Å². The van der Waals surface area contributed by atoms with Gasteiger partial charge in [-0.3, -0.25) is 0 Å². The van der Waals surface area contributed by atoms with Gasteiger partial charge in [-0.05, 0) is 26.7 Å². The first-order valence-corrected chi connectivity index (χ1v) is 7.81. The van der Waals surface area contributed by atoms with E-state index in [-0.39, 0.29) is 11.9 Å². The van der Waals surface area contributed by atoms with Crippen molar-refractivity contribution in [3.05, 3.63) is 0 Å². The zero-order valence-electron chi connectivity index (χ0n) is 9.12. The van der Waals surface area contributed by atoms with Gasteiger partial charge in [-0.15, -0.1) is 0 Å². The average Bonchev–Trinajstić information content (AvgIpc) is 2.54. The van der Waals surface area contributed by atoms with Gasteiger partial charge in [0.25, 0.3) is 0 Å². The number of ether oxygens (including phenoxy) is 1. The molecule has 6 heteroatoms. The predicted octanol–water partition coefficient (Wildman–Crippen LogP) is 1.26. The van der Waals surface area contributed by atoms with Crippen LogP contribution in [0.4, 0.5) is 0 Å². The first kappa shape index (κ1) is 13.4. The molecule has 0 bridgehead atoms. The predicted molar refractivity (Wildman–Crippen MR) is 63.8 cm³/mol. The van der Waals surface area contributed by atoms with Gasteiger partial charge in [-0.25, -0.2) is 13.1 Å². The van der Waals surface area contributed by atoms with Crippen LogP contribution in [0.3, 0.4) is 0 Å². The Morgan fingerprint density at radius 1 is 1.53 bits per heavy atom. The van der Waals surface area contributed by atoms with Crippen molar-refractivity contribution in [1.29, 1.82) is 0 Å². The van der Waals surface area contributed by atoms with E-state index in [0.29, 0.717) is 11.9 Å². The van der Waals surface area contributed by atoms with Gasteiger partial charge in [0.2, 0.25) is 10.0 Å². The molecule has 0 aliphatic carbocycles. The molecule has 1 atom stereocenters. The zero-order chi connectivity index (χ0) is 11.5. The quantitative estimate of drug-likeness (QED) is 0.778. The number of hydrogen-bond donors (Lipinski definition) is 1. The Labute approximate surface area is 99.9 Å². The lowest BCUT2D eigenvalue weighted by molar-refractivity contribution is 0.127. The number of sulfonamides is 1. The van der Waals surface area contributed by atoms with Crippen LogP contribution in [0.1, 0.15) is 26.7 Å². The first-order chi connectivity index (χ1) is 6.85. The highest BCUT2D eigenvalue weighted by Crippen LogP contribution is 2.15. The van der Waals surface area contributed by atoms with Gasteiger partial charge < -0.3 is 4.74 Å². The summed E-state index contributed by atoms with van der Waals surface area (Å²) in [5.41, 5.74) is -0.447. The molecule has 1 unspecified atom stereocenters. The number of alkyl halides is 1. The van der Waals surface area contributed by atoms with E-state index in [9.17, 15) is 8.42 Å². The van der Waals surface area contributed by atoms with Crippen molar-refractivity contribution < 1.29 is 13.2 Å². The molecule has 4 nitrogen and oxygen atoms in total. The summed E-state index contributed by atoms with van der Waals surface area (Å²) in [7, 11) is -3.24. The van der Waals surface area contributed by atoms with Crippen LogP contribution in [-0.4, -0.2) is 37.8 Å². The smallest absolute Gasteiger partial charge is 0.214 e. The summed E-state index contributed by atoms with van der Waals surface area (Å²) < 4.78 is 31.5. The van der Waals surface area contributed by atoms with Crippen molar-refractivity contribution in [2.45, 2.75) is 38.3 Å². The molecule has 1 aliphatic rings. The molecule has 0 amide bonds. The Balaban J connectivity index is 2.51. The monoisotopic (exact) mass is 299 g/mol. The summed E-state index contributed by atoms with van der Waals surface area (Å²) >= 11 is 3.28. The summed E-state index contributed by atoms with van der Waals surface area (Å²) in [4.78, 5) is 0. The lowest BCUT2D eigenvalue weighted by Gasteiger charge is -2.24. The highest BCUT2D eigenvalue weighted by atomic mass is 79.9. The maximum absolute atomic E-state index is 11.7. The van der Waals surface area contributed by atoms with Crippen LogP contribution in [0.2, 0.25) is 0 Å². The molecular weight excluding hydrogens is 282 g/mol. The second-order valence-electron chi connectivity index (χ2n) is 4.54. The molecule has 1 heterocycles. The molecule has 90 valence electrons. The van der Waals surface area contributed by atoms with Crippen molar-refractivity contribution in [1.82, 2.24) is 4.72 Å². The Bertz CT molecular complexity index is 296. The molecule has 0 spiro atoms. The summed E-state index contributed by atoms with van der Waals surface area (Å²) in [6.45, 7) is 4.37. The fourth-order valence-electron chi connectivity index (χ4n) is 1.51. The third kappa shape index (κ3) is 4.80. The Hall–Kier alpha value is 0.350. The lowest BCUT2D eigenvalue weighted by Crippen LogP contribution is -2.47.